The molecule has 0 spiro atoms. The highest BCUT2D eigenvalue weighted by Gasteiger charge is 2.28. The fourth-order valence-corrected chi connectivity index (χ4v) is 3.80. The fourth-order valence-electron chi connectivity index (χ4n) is 3.80. The zero-order valence-corrected chi connectivity index (χ0v) is 13.6. The summed E-state index contributed by atoms with van der Waals surface area (Å²) in [6.07, 6.45) is 9.65. The van der Waals surface area contributed by atoms with Crippen molar-refractivity contribution in [3.05, 3.63) is 0 Å². The molecule has 0 aromatic carbocycles. The summed E-state index contributed by atoms with van der Waals surface area (Å²) in [6.45, 7) is 9.93. The van der Waals surface area contributed by atoms with Gasteiger partial charge in [0.15, 0.2) is 0 Å². The van der Waals surface area contributed by atoms with E-state index in [1.165, 1.54) is 58.0 Å². The molecule has 1 aliphatic carbocycles. The predicted octanol–water partition coefficient (Wildman–Crippen LogP) is 3.05. The smallest absolute Gasteiger partial charge is 0.0622 e. The molecule has 2 atom stereocenters. The Labute approximate surface area is 125 Å². The lowest BCUT2D eigenvalue weighted by Crippen LogP contribution is -2.53. The van der Waals surface area contributed by atoms with Gasteiger partial charge in [-0.05, 0) is 38.1 Å². The highest BCUT2D eigenvalue weighted by Crippen LogP contribution is 2.27. The van der Waals surface area contributed by atoms with Crippen LogP contribution in [0.5, 0.6) is 0 Å². The number of hydrogen-bond donors (Lipinski definition) is 1. The molecule has 3 nitrogen and oxygen atoms in total. The quantitative estimate of drug-likeness (QED) is 0.777. The molecule has 0 aromatic heterocycles. The third kappa shape index (κ3) is 4.71. The monoisotopic (exact) mass is 282 g/mol. The molecule has 1 N–H and O–H groups in total. The van der Waals surface area contributed by atoms with Crippen molar-refractivity contribution < 1.29 is 4.74 Å². The van der Waals surface area contributed by atoms with Crippen LogP contribution in [-0.2, 0) is 4.74 Å². The second kappa shape index (κ2) is 9.01. The zero-order valence-electron chi connectivity index (χ0n) is 13.6. The highest BCUT2D eigenvalue weighted by molar-refractivity contribution is 4.85. The van der Waals surface area contributed by atoms with E-state index in [2.05, 4.69) is 24.1 Å². The average Bonchev–Trinajstić information content (AvgIpc) is 2.52. The second-order valence-corrected chi connectivity index (χ2v) is 6.59. The Morgan fingerprint density at radius 2 is 2.00 bits per heavy atom. The van der Waals surface area contributed by atoms with Gasteiger partial charge in [-0.25, -0.2) is 0 Å². The standard InChI is InChI=1S/C17H34N2O/c1-3-10-18-17(15-8-6-5-7-9-15)13-19-11-12-20-14-16(19)4-2/h15-18H,3-14H2,1-2H3. The van der Waals surface area contributed by atoms with Gasteiger partial charge < -0.3 is 10.1 Å². The third-order valence-corrected chi connectivity index (χ3v) is 5.13. The normalized spacial score (nSPS) is 27.6. The molecule has 0 amide bonds. The minimum absolute atomic E-state index is 0.637. The zero-order chi connectivity index (χ0) is 14.2. The summed E-state index contributed by atoms with van der Waals surface area (Å²) in [5.41, 5.74) is 0. The number of morpholine rings is 1. The fraction of sp³-hybridized carbons (Fsp3) is 1.00. The molecule has 1 saturated heterocycles. The van der Waals surface area contributed by atoms with Crippen molar-refractivity contribution >= 4 is 0 Å². The lowest BCUT2D eigenvalue weighted by molar-refractivity contribution is -0.0165. The highest BCUT2D eigenvalue weighted by atomic mass is 16.5. The van der Waals surface area contributed by atoms with Gasteiger partial charge in [-0.3, -0.25) is 4.90 Å². The van der Waals surface area contributed by atoms with E-state index in [1.807, 2.05) is 0 Å². The molecule has 1 heterocycles. The molecule has 2 rings (SSSR count). The molecule has 2 fully saturated rings. The Morgan fingerprint density at radius 3 is 2.70 bits per heavy atom. The Bertz CT molecular complexity index is 253. The van der Waals surface area contributed by atoms with Crippen LogP contribution in [0.2, 0.25) is 0 Å². The molecule has 0 radical (unpaired) electrons. The summed E-state index contributed by atoms with van der Waals surface area (Å²) < 4.78 is 5.65. The van der Waals surface area contributed by atoms with Crippen molar-refractivity contribution in [1.29, 1.82) is 0 Å². The Balaban J connectivity index is 1.90. The number of ether oxygens (including phenoxy) is 1. The van der Waals surface area contributed by atoms with Gasteiger partial charge in [0.1, 0.15) is 0 Å². The van der Waals surface area contributed by atoms with E-state index in [1.54, 1.807) is 0 Å². The van der Waals surface area contributed by atoms with Crippen LogP contribution < -0.4 is 5.32 Å². The molecule has 1 saturated carbocycles. The average molecular weight is 282 g/mol. The lowest BCUT2D eigenvalue weighted by Gasteiger charge is -2.40. The first kappa shape index (κ1) is 16.3. The number of nitrogens with one attached hydrogen (secondary N) is 1. The number of rotatable bonds is 7. The second-order valence-electron chi connectivity index (χ2n) is 6.59. The summed E-state index contributed by atoms with van der Waals surface area (Å²) in [5.74, 6) is 0.899. The molecule has 20 heavy (non-hydrogen) atoms. The summed E-state index contributed by atoms with van der Waals surface area (Å²) in [4.78, 5) is 2.69. The van der Waals surface area contributed by atoms with Gasteiger partial charge in [-0.15, -0.1) is 0 Å². The van der Waals surface area contributed by atoms with Crippen LogP contribution in [0.15, 0.2) is 0 Å². The topological polar surface area (TPSA) is 24.5 Å². The van der Waals surface area contributed by atoms with E-state index in [-0.39, 0.29) is 0 Å². The lowest BCUT2D eigenvalue weighted by atomic mass is 9.83. The molecule has 2 unspecified atom stereocenters. The van der Waals surface area contributed by atoms with Crippen molar-refractivity contribution in [3.8, 4) is 0 Å². The molecule has 118 valence electrons. The van der Waals surface area contributed by atoms with Crippen LogP contribution in [0.4, 0.5) is 0 Å². The summed E-state index contributed by atoms with van der Waals surface area (Å²) in [5, 5.41) is 3.85. The van der Waals surface area contributed by atoms with Crippen LogP contribution in [0, 0.1) is 5.92 Å². The van der Waals surface area contributed by atoms with Crippen molar-refractivity contribution in [1.82, 2.24) is 10.2 Å². The first-order chi connectivity index (χ1) is 9.85. The van der Waals surface area contributed by atoms with Gasteiger partial charge in [0.2, 0.25) is 0 Å². The van der Waals surface area contributed by atoms with Crippen molar-refractivity contribution in [3.63, 3.8) is 0 Å². The summed E-state index contributed by atoms with van der Waals surface area (Å²) >= 11 is 0. The molecular weight excluding hydrogens is 248 g/mol. The molecule has 3 heteroatoms. The Morgan fingerprint density at radius 1 is 1.20 bits per heavy atom. The number of hydrogen-bond acceptors (Lipinski definition) is 3. The Kier molecular flexibility index (Phi) is 7.32. The van der Waals surface area contributed by atoms with Crippen molar-refractivity contribution in [2.45, 2.75) is 70.9 Å². The maximum Gasteiger partial charge on any atom is 0.0622 e. The largest absolute Gasteiger partial charge is 0.378 e. The molecule has 2 aliphatic rings. The summed E-state index contributed by atoms with van der Waals surface area (Å²) in [7, 11) is 0. The van der Waals surface area contributed by atoms with Gasteiger partial charge >= 0.3 is 0 Å². The van der Waals surface area contributed by atoms with Crippen LogP contribution in [0.1, 0.15) is 58.8 Å². The van der Waals surface area contributed by atoms with E-state index >= 15 is 0 Å². The summed E-state index contributed by atoms with van der Waals surface area (Å²) in [6, 6.07) is 1.33. The maximum atomic E-state index is 5.65. The SMILES string of the molecule is CCCNC(CN1CCOCC1CC)C1CCCCC1. The maximum absolute atomic E-state index is 5.65. The van der Waals surface area contributed by atoms with Gasteiger partial charge in [0, 0.05) is 25.2 Å². The third-order valence-electron chi connectivity index (χ3n) is 5.13. The molecule has 0 aromatic rings. The van der Waals surface area contributed by atoms with Gasteiger partial charge in [0.05, 0.1) is 13.2 Å². The first-order valence-electron chi connectivity index (χ1n) is 8.90. The molecule has 0 bridgehead atoms. The Hall–Kier alpha value is -0.120. The van der Waals surface area contributed by atoms with Crippen LogP contribution >= 0.6 is 0 Å². The van der Waals surface area contributed by atoms with Gasteiger partial charge in [-0.2, -0.15) is 0 Å². The minimum Gasteiger partial charge on any atom is -0.378 e. The predicted molar refractivity (Wildman–Crippen MR) is 85.1 cm³/mol. The van der Waals surface area contributed by atoms with Crippen LogP contribution in [-0.4, -0.2) is 49.8 Å². The van der Waals surface area contributed by atoms with E-state index < -0.39 is 0 Å². The molecule has 1 aliphatic heterocycles. The van der Waals surface area contributed by atoms with Crippen LogP contribution in [0.3, 0.4) is 0 Å². The van der Waals surface area contributed by atoms with Crippen molar-refractivity contribution in [2.75, 3.05) is 32.8 Å². The van der Waals surface area contributed by atoms with Gasteiger partial charge in [-0.1, -0.05) is 33.1 Å². The van der Waals surface area contributed by atoms with E-state index in [4.69, 9.17) is 4.74 Å². The van der Waals surface area contributed by atoms with E-state index in [0.717, 1.165) is 25.7 Å². The van der Waals surface area contributed by atoms with Crippen molar-refractivity contribution in [2.24, 2.45) is 5.92 Å². The first-order valence-corrected chi connectivity index (χ1v) is 8.90. The van der Waals surface area contributed by atoms with E-state index in [9.17, 15) is 0 Å². The van der Waals surface area contributed by atoms with Gasteiger partial charge in [0.25, 0.3) is 0 Å². The molecular formula is C17H34N2O. The van der Waals surface area contributed by atoms with E-state index in [0.29, 0.717) is 12.1 Å². The minimum atomic E-state index is 0.637. The number of nitrogens with zero attached hydrogens (tertiary/aromatic N) is 1. The van der Waals surface area contributed by atoms with Crippen LogP contribution in [0.25, 0.3) is 0 Å².